The van der Waals surface area contributed by atoms with Crippen molar-refractivity contribution in [1.29, 1.82) is 0 Å². The fraction of sp³-hybridized carbons (Fsp3) is 0.500. The van der Waals surface area contributed by atoms with Gasteiger partial charge in [0.25, 0.3) is 17.9 Å². The number of hydrogen-bond donors (Lipinski definition) is 3. The number of aliphatic carboxylic acids is 3. The van der Waals surface area contributed by atoms with Crippen molar-refractivity contribution in [3.8, 4) is 0 Å². The van der Waals surface area contributed by atoms with Crippen LogP contribution in [0.4, 0.5) is 0 Å². The fourth-order valence-corrected chi connectivity index (χ4v) is 0. The molecular formula is C6H12O6Zn5. The van der Waals surface area contributed by atoms with Crippen molar-refractivity contribution in [2.45, 2.75) is 20.8 Å². The van der Waals surface area contributed by atoms with Crippen LogP contribution in [0.15, 0.2) is 0 Å². The molecule has 0 spiro atoms. The van der Waals surface area contributed by atoms with E-state index in [1.54, 1.807) is 0 Å². The molecule has 0 rings (SSSR count). The summed E-state index contributed by atoms with van der Waals surface area (Å²) >= 11 is 0. The molecule has 0 amide bonds. The second-order valence-electron chi connectivity index (χ2n) is 1.56. The van der Waals surface area contributed by atoms with Gasteiger partial charge < -0.3 is 15.3 Å². The van der Waals surface area contributed by atoms with Crippen LogP contribution < -0.4 is 0 Å². The van der Waals surface area contributed by atoms with E-state index >= 15 is 0 Å². The molecule has 0 aromatic carbocycles. The fourth-order valence-electron chi connectivity index (χ4n) is 0. The number of carboxylic acid groups (broad SMARTS) is 3. The van der Waals surface area contributed by atoms with Gasteiger partial charge in [-0.25, -0.2) is 0 Å². The standard InChI is InChI=1S/3C2H4O2.5Zn/c3*1-2(3)4;;;;;/h3*1H3,(H,3,4);;;;;. The van der Waals surface area contributed by atoms with E-state index in [1.807, 2.05) is 0 Å². The van der Waals surface area contributed by atoms with Gasteiger partial charge in [-0.2, -0.15) is 0 Å². The third-order valence-electron chi connectivity index (χ3n) is 0. The second kappa shape index (κ2) is 43.2. The summed E-state index contributed by atoms with van der Waals surface area (Å²) in [5.41, 5.74) is 0. The Morgan fingerprint density at radius 3 is 0.529 bits per heavy atom. The predicted octanol–water partition coefficient (Wildman–Crippen LogP) is 0.260. The summed E-state index contributed by atoms with van der Waals surface area (Å²) in [6.07, 6.45) is 0. The minimum Gasteiger partial charge on any atom is -0.481 e. The van der Waals surface area contributed by atoms with E-state index < -0.39 is 17.9 Å². The number of rotatable bonds is 0. The van der Waals surface area contributed by atoms with Crippen molar-refractivity contribution >= 4 is 17.9 Å². The Morgan fingerprint density at radius 1 is 0.529 bits per heavy atom. The van der Waals surface area contributed by atoms with E-state index in [0.717, 1.165) is 20.8 Å². The van der Waals surface area contributed by atoms with Crippen molar-refractivity contribution in [2.24, 2.45) is 0 Å². The van der Waals surface area contributed by atoms with Crippen LogP contribution in [0, 0.1) is 0 Å². The van der Waals surface area contributed by atoms with E-state index in [2.05, 4.69) is 0 Å². The molecule has 0 bridgehead atoms. The van der Waals surface area contributed by atoms with Crippen LogP contribution in [-0.4, -0.2) is 33.2 Å². The van der Waals surface area contributed by atoms with Crippen LogP contribution in [0.5, 0.6) is 0 Å². The van der Waals surface area contributed by atoms with Crippen molar-refractivity contribution in [3.05, 3.63) is 0 Å². The third kappa shape index (κ3) is 1810. The van der Waals surface area contributed by atoms with Gasteiger partial charge in [0, 0.05) is 118 Å². The molecule has 0 saturated carbocycles. The van der Waals surface area contributed by atoms with Crippen LogP contribution in [0.2, 0.25) is 0 Å². The minimum atomic E-state index is -0.833. The topological polar surface area (TPSA) is 112 Å². The van der Waals surface area contributed by atoms with E-state index in [-0.39, 0.29) is 97.4 Å². The SMILES string of the molecule is CC(=O)O.CC(=O)O.CC(=O)O.[Zn].[Zn].[Zn].[Zn].[Zn]. The van der Waals surface area contributed by atoms with Crippen LogP contribution in [0.1, 0.15) is 20.8 Å². The molecule has 0 aliphatic heterocycles. The molecule has 0 radical (unpaired) electrons. The first-order valence-corrected chi connectivity index (χ1v) is 2.78. The first-order valence-electron chi connectivity index (χ1n) is 2.78. The van der Waals surface area contributed by atoms with Crippen LogP contribution in [0.25, 0.3) is 0 Å². The molecule has 0 aromatic rings. The van der Waals surface area contributed by atoms with Crippen LogP contribution in [-0.2, 0) is 112 Å². The van der Waals surface area contributed by atoms with E-state index in [9.17, 15) is 0 Å². The van der Waals surface area contributed by atoms with Crippen LogP contribution >= 0.6 is 0 Å². The number of carbonyl (C=O) groups is 3. The molecule has 82 valence electrons. The van der Waals surface area contributed by atoms with Crippen molar-refractivity contribution in [2.75, 3.05) is 0 Å². The summed E-state index contributed by atoms with van der Waals surface area (Å²) < 4.78 is 0. The quantitative estimate of drug-likeness (QED) is 0.406. The third-order valence-corrected chi connectivity index (χ3v) is 0. The Kier molecular flexibility index (Phi) is 131. The maximum Gasteiger partial charge on any atom is 0.300 e. The minimum absolute atomic E-state index is 0. The Labute approximate surface area is 164 Å². The van der Waals surface area contributed by atoms with Gasteiger partial charge in [0.1, 0.15) is 0 Å². The van der Waals surface area contributed by atoms with Gasteiger partial charge in [0.2, 0.25) is 0 Å². The summed E-state index contributed by atoms with van der Waals surface area (Å²) in [7, 11) is 0. The van der Waals surface area contributed by atoms with Crippen molar-refractivity contribution in [1.82, 2.24) is 0 Å². The van der Waals surface area contributed by atoms with Gasteiger partial charge in [-0.3, -0.25) is 14.4 Å². The van der Waals surface area contributed by atoms with Gasteiger partial charge in [-0.15, -0.1) is 0 Å². The van der Waals surface area contributed by atoms with Gasteiger partial charge in [-0.05, 0) is 0 Å². The number of hydrogen-bond acceptors (Lipinski definition) is 3. The summed E-state index contributed by atoms with van der Waals surface area (Å²) in [5, 5.41) is 22.2. The molecule has 6 nitrogen and oxygen atoms in total. The van der Waals surface area contributed by atoms with E-state index in [4.69, 9.17) is 29.7 Å². The zero-order chi connectivity index (χ0) is 10.7. The van der Waals surface area contributed by atoms with Gasteiger partial charge in [0.05, 0.1) is 0 Å². The molecule has 11 heteroatoms. The molecule has 0 fully saturated rings. The number of carboxylic acids is 3. The van der Waals surface area contributed by atoms with Crippen molar-refractivity contribution < 1.29 is 127 Å². The largest absolute Gasteiger partial charge is 0.481 e. The normalized spacial score (nSPS) is 4.41. The molecule has 3 N–H and O–H groups in total. The molecule has 0 aliphatic rings. The summed E-state index contributed by atoms with van der Waals surface area (Å²) in [4.78, 5) is 27.0. The van der Waals surface area contributed by atoms with Gasteiger partial charge in [-0.1, -0.05) is 0 Å². The summed E-state index contributed by atoms with van der Waals surface area (Å²) in [5.74, 6) is -2.50. The Balaban J connectivity index is -0.0000000104. The maximum atomic E-state index is 9.00. The molecule has 0 atom stereocenters. The molecule has 0 aromatic heterocycles. The molecule has 0 saturated heterocycles. The zero-order valence-corrected chi connectivity index (χ0v) is 25.4. The molecule has 0 heterocycles. The first-order chi connectivity index (χ1) is 5.20. The first kappa shape index (κ1) is 51.4. The Hall–Kier alpha value is 1.53. The molecule has 17 heavy (non-hydrogen) atoms. The monoisotopic (exact) mass is 500 g/mol. The molecule has 0 aliphatic carbocycles. The molecular weight excluding hydrogens is 495 g/mol. The summed E-state index contributed by atoms with van der Waals surface area (Å²) in [6, 6.07) is 0. The Morgan fingerprint density at radius 2 is 0.529 bits per heavy atom. The van der Waals surface area contributed by atoms with E-state index in [1.165, 1.54) is 0 Å². The zero-order valence-electron chi connectivity index (χ0n) is 10.6. The second-order valence-corrected chi connectivity index (χ2v) is 1.56. The van der Waals surface area contributed by atoms with Crippen LogP contribution in [0.3, 0.4) is 0 Å². The van der Waals surface area contributed by atoms with Gasteiger partial charge >= 0.3 is 0 Å². The summed E-state index contributed by atoms with van der Waals surface area (Å²) in [6.45, 7) is 3.25. The Bertz CT molecular complexity index is 124. The molecule has 0 unspecified atom stereocenters. The van der Waals surface area contributed by atoms with Gasteiger partial charge in [0.15, 0.2) is 0 Å². The predicted molar refractivity (Wildman–Crippen MR) is 39.9 cm³/mol. The smallest absolute Gasteiger partial charge is 0.300 e. The average molecular weight is 507 g/mol. The van der Waals surface area contributed by atoms with Crippen molar-refractivity contribution in [3.63, 3.8) is 0 Å². The maximum absolute atomic E-state index is 9.00. The average Bonchev–Trinajstić information content (AvgIpc) is 1.54. The van der Waals surface area contributed by atoms with E-state index in [0.29, 0.717) is 0 Å².